The lowest BCUT2D eigenvalue weighted by Gasteiger charge is -2.20. The molecule has 3 rings (SSSR count). The zero-order valence-corrected chi connectivity index (χ0v) is 14.4. The molecule has 1 saturated heterocycles. The van der Waals surface area contributed by atoms with Crippen LogP contribution in [0.4, 0.5) is 5.69 Å². The van der Waals surface area contributed by atoms with E-state index in [4.69, 9.17) is 9.15 Å². The van der Waals surface area contributed by atoms with Crippen LogP contribution in [-0.2, 0) is 9.53 Å². The Kier molecular flexibility index (Phi) is 5.36. The monoisotopic (exact) mass is 356 g/mol. The average molecular weight is 356 g/mol. The number of para-hydroxylation sites is 1. The van der Waals surface area contributed by atoms with Crippen molar-refractivity contribution >= 4 is 23.5 Å². The number of hydrogen-bond acceptors (Lipinski definition) is 5. The van der Waals surface area contributed by atoms with E-state index in [0.717, 1.165) is 12.8 Å². The number of likely N-dealkylation sites (tertiary alicyclic amines) is 1. The summed E-state index contributed by atoms with van der Waals surface area (Å²) in [6, 6.07) is 9.59. The Morgan fingerprint density at radius 1 is 1.12 bits per heavy atom. The highest BCUT2D eigenvalue weighted by Gasteiger charge is 2.27. The van der Waals surface area contributed by atoms with Crippen LogP contribution in [0.1, 0.15) is 40.7 Å². The number of nitrogens with zero attached hydrogens (tertiary/aromatic N) is 1. The maximum atomic E-state index is 12.5. The molecule has 0 aliphatic carbocycles. The summed E-state index contributed by atoms with van der Waals surface area (Å²) in [6.45, 7) is 2.94. The molecule has 0 radical (unpaired) electrons. The van der Waals surface area contributed by atoms with Gasteiger partial charge in [0.15, 0.2) is 11.9 Å². The summed E-state index contributed by atoms with van der Waals surface area (Å²) < 4.78 is 10.4. The molecule has 2 amide bonds. The van der Waals surface area contributed by atoms with Crippen LogP contribution in [0.25, 0.3) is 0 Å². The molecule has 1 aliphatic heterocycles. The minimum absolute atomic E-state index is 0.130. The topological polar surface area (TPSA) is 88.8 Å². The van der Waals surface area contributed by atoms with Crippen molar-refractivity contribution in [3.8, 4) is 0 Å². The zero-order valence-electron chi connectivity index (χ0n) is 14.4. The summed E-state index contributed by atoms with van der Waals surface area (Å²) in [5, 5.41) is 2.62. The average Bonchev–Trinajstić information content (AvgIpc) is 3.35. The van der Waals surface area contributed by atoms with E-state index in [1.807, 2.05) is 0 Å². The van der Waals surface area contributed by atoms with Gasteiger partial charge in [-0.1, -0.05) is 12.1 Å². The number of carbonyl (C=O) groups excluding carboxylic acids is 3. The standard InChI is InChI=1S/C19H20N2O5/c1-13(18(23)21-10-4-5-11-21)26-19(24)14-7-2-3-8-15(14)20-17(22)16-9-6-12-25-16/h2-3,6-9,12-13H,4-5,10-11H2,1H3,(H,20,22)/t13-/m0/s1. The first kappa shape index (κ1) is 17.7. The van der Waals surface area contributed by atoms with Crippen LogP contribution in [0.5, 0.6) is 0 Å². The van der Waals surface area contributed by atoms with Crippen molar-refractivity contribution in [3.63, 3.8) is 0 Å². The van der Waals surface area contributed by atoms with Gasteiger partial charge >= 0.3 is 5.97 Å². The quantitative estimate of drug-likeness (QED) is 0.832. The Morgan fingerprint density at radius 2 is 1.85 bits per heavy atom. The van der Waals surface area contributed by atoms with Gasteiger partial charge in [-0.15, -0.1) is 0 Å². The number of furan rings is 1. The Hall–Kier alpha value is -3.09. The number of rotatable bonds is 5. The van der Waals surface area contributed by atoms with Gasteiger partial charge in [-0.25, -0.2) is 4.79 Å². The van der Waals surface area contributed by atoms with Gasteiger partial charge in [-0.2, -0.15) is 0 Å². The lowest BCUT2D eigenvalue weighted by molar-refractivity contribution is -0.138. The summed E-state index contributed by atoms with van der Waals surface area (Å²) in [4.78, 5) is 38.6. The highest BCUT2D eigenvalue weighted by molar-refractivity contribution is 6.06. The maximum absolute atomic E-state index is 12.5. The highest BCUT2D eigenvalue weighted by atomic mass is 16.5. The largest absolute Gasteiger partial charge is 0.459 e. The third-order valence-electron chi connectivity index (χ3n) is 4.19. The lowest BCUT2D eigenvalue weighted by Crippen LogP contribution is -2.38. The first-order valence-electron chi connectivity index (χ1n) is 8.50. The molecule has 7 heteroatoms. The van der Waals surface area contributed by atoms with Crippen LogP contribution in [-0.4, -0.2) is 41.9 Å². The van der Waals surface area contributed by atoms with Gasteiger partial charge in [0.05, 0.1) is 17.5 Å². The van der Waals surface area contributed by atoms with E-state index in [2.05, 4.69) is 5.32 Å². The molecule has 7 nitrogen and oxygen atoms in total. The first-order chi connectivity index (χ1) is 12.6. The minimum Gasteiger partial charge on any atom is -0.459 e. The molecule has 0 unspecified atom stereocenters. The molecule has 1 fully saturated rings. The van der Waals surface area contributed by atoms with Crippen molar-refractivity contribution < 1.29 is 23.5 Å². The number of ether oxygens (including phenoxy) is 1. The van der Waals surface area contributed by atoms with Crippen LogP contribution >= 0.6 is 0 Å². The summed E-state index contributed by atoms with van der Waals surface area (Å²) >= 11 is 0. The number of esters is 1. The molecule has 1 aliphatic rings. The molecule has 0 spiro atoms. The number of amides is 2. The fraction of sp³-hybridized carbons (Fsp3) is 0.316. The summed E-state index contributed by atoms with van der Waals surface area (Å²) in [5.74, 6) is -1.21. The van der Waals surface area contributed by atoms with Crippen LogP contribution in [0.15, 0.2) is 47.1 Å². The van der Waals surface area contributed by atoms with Gasteiger partial charge < -0.3 is 19.4 Å². The smallest absolute Gasteiger partial charge is 0.341 e. The van der Waals surface area contributed by atoms with Gasteiger partial charge in [0, 0.05) is 13.1 Å². The van der Waals surface area contributed by atoms with E-state index in [0.29, 0.717) is 18.8 Å². The fourth-order valence-corrected chi connectivity index (χ4v) is 2.83. The van der Waals surface area contributed by atoms with Crippen LogP contribution in [0, 0.1) is 0 Å². The van der Waals surface area contributed by atoms with Crippen molar-refractivity contribution in [3.05, 3.63) is 54.0 Å². The molecule has 2 aromatic rings. The van der Waals surface area contributed by atoms with Crippen LogP contribution < -0.4 is 5.32 Å². The van der Waals surface area contributed by atoms with E-state index in [-0.39, 0.29) is 17.2 Å². The number of benzene rings is 1. The molecule has 1 N–H and O–H groups in total. The molecule has 136 valence electrons. The maximum Gasteiger partial charge on any atom is 0.341 e. The summed E-state index contributed by atoms with van der Waals surface area (Å²) in [5.41, 5.74) is 0.466. The Bertz CT molecular complexity index is 794. The molecule has 1 aromatic heterocycles. The molecule has 1 atom stereocenters. The van der Waals surface area contributed by atoms with Crippen molar-refractivity contribution in [2.24, 2.45) is 0 Å². The Labute approximate surface area is 150 Å². The second kappa shape index (κ2) is 7.86. The minimum atomic E-state index is -0.880. The highest BCUT2D eigenvalue weighted by Crippen LogP contribution is 2.19. The normalized spacial score (nSPS) is 14.7. The summed E-state index contributed by atoms with van der Waals surface area (Å²) in [7, 11) is 0. The fourth-order valence-electron chi connectivity index (χ4n) is 2.83. The van der Waals surface area contributed by atoms with Gasteiger partial charge in [-0.05, 0) is 44.0 Å². The number of hydrogen-bond donors (Lipinski definition) is 1. The first-order valence-corrected chi connectivity index (χ1v) is 8.50. The van der Waals surface area contributed by atoms with E-state index < -0.39 is 18.0 Å². The molecule has 0 bridgehead atoms. The third kappa shape index (κ3) is 3.93. The van der Waals surface area contributed by atoms with E-state index >= 15 is 0 Å². The summed E-state index contributed by atoms with van der Waals surface area (Å²) in [6.07, 6.45) is 2.44. The molecule has 2 heterocycles. The van der Waals surface area contributed by atoms with Gasteiger partial charge in [0.25, 0.3) is 11.8 Å². The predicted octanol–water partition coefficient (Wildman–Crippen LogP) is 2.70. The van der Waals surface area contributed by atoms with Gasteiger partial charge in [0.1, 0.15) is 0 Å². The predicted molar refractivity (Wildman–Crippen MR) is 93.8 cm³/mol. The molecule has 1 aromatic carbocycles. The van der Waals surface area contributed by atoms with Crippen molar-refractivity contribution in [2.75, 3.05) is 18.4 Å². The second-order valence-electron chi connectivity index (χ2n) is 6.06. The molecule has 0 saturated carbocycles. The number of anilines is 1. The lowest BCUT2D eigenvalue weighted by atomic mass is 10.1. The molecular weight excluding hydrogens is 336 g/mol. The molecule has 26 heavy (non-hydrogen) atoms. The van der Waals surface area contributed by atoms with Gasteiger partial charge in [-0.3, -0.25) is 9.59 Å². The second-order valence-corrected chi connectivity index (χ2v) is 6.06. The number of carbonyl (C=O) groups is 3. The third-order valence-corrected chi connectivity index (χ3v) is 4.19. The SMILES string of the molecule is C[C@H](OC(=O)c1ccccc1NC(=O)c1ccco1)C(=O)N1CCCC1. The van der Waals surface area contributed by atoms with Gasteiger partial charge in [0.2, 0.25) is 0 Å². The van der Waals surface area contributed by atoms with E-state index in [1.54, 1.807) is 36.1 Å². The van der Waals surface area contributed by atoms with Crippen LogP contribution in [0.2, 0.25) is 0 Å². The number of nitrogens with one attached hydrogen (secondary N) is 1. The van der Waals surface area contributed by atoms with Crippen LogP contribution in [0.3, 0.4) is 0 Å². The van der Waals surface area contributed by atoms with E-state index in [9.17, 15) is 14.4 Å². The Balaban J connectivity index is 1.69. The van der Waals surface area contributed by atoms with E-state index in [1.165, 1.54) is 18.4 Å². The van der Waals surface area contributed by atoms with Crippen molar-refractivity contribution in [1.82, 2.24) is 4.90 Å². The molecular formula is C19H20N2O5. The zero-order chi connectivity index (χ0) is 18.5. The van der Waals surface area contributed by atoms with Crippen molar-refractivity contribution in [1.29, 1.82) is 0 Å². The van der Waals surface area contributed by atoms with Crippen molar-refractivity contribution in [2.45, 2.75) is 25.9 Å². The Morgan fingerprint density at radius 3 is 2.54 bits per heavy atom.